The summed E-state index contributed by atoms with van der Waals surface area (Å²) in [6.07, 6.45) is 4.39. The number of piperidine rings is 1. The Morgan fingerprint density at radius 2 is 1.69 bits per heavy atom. The number of carboxylic acid groups (broad SMARTS) is 1. The average molecular weight is 667 g/mol. The number of ether oxygens (including phenoxy) is 2. The maximum absolute atomic E-state index is 13.6. The van der Waals surface area contributed by atoms with Crippen molar-refractivity contribution in [2.24, 2.45) is 0 Å². The molecule has 2 N–H and O–H groups in total. The van der Waals surface area contributed by atoms with E-state index in [4.69, 9.17) is 9.47 Å². The Bertz CT molecular complexity index is 1500. The number of likely N-dealkylation sites (N-methyl/N-ethyl adjacent to an activating group) is 1. The number of carbonyl (C=O) groups excluding carboxylic acids is 4. The molecule has 0 spiro atoms. The fraction of sp³-hybridized carbons (Fsp3) is 0.588. The Morgan fingerprint density at radius 1 is 0.958 bits per heavy atom. The van der Waals surface area contributed by atoms with Crippen molar-refractivity contribution in [3.05, 3.63) is 36.0 Å². The molecule has 4 amide bonds. The highest BCUT2D eigenvalue weighted by Gasteiger charge is 2.37. The second kappa shape index (κ2) is 16.1. The predicted molar refractivity (Wildman–Crippen MR) is 176 cm³/mol. The number of benzene rings is 1. The molecule has 3 aliphatic rings. The molecule has 3 atom stereocenters. The highest BCUT2D eigenvalue weighted by atomic mass is 16.6. The molecule has 3 saturated heterocycles. The summed E-state index contributed by atoms with van der Waals surface area (Å²) in [5, 5.41) is 12.7. The van der Waals surface area contributed by atoms with Gasteiger partial charge in [-0.25, -0.2) is 9.78 Å². The minimum atomic E-state index is -1.13. The zero-order valence-electron chi connectivity index (χ0n) is 27.8. The molecule has 4 heterocycles. The average Bonchev–Trinajstić information content (AvgIpc) is 3.58. The van der Waals surface area contributed by atoms with Crippen LogP contribution in [0.5, 0.6) is 5.75 Å². The second-order valence-electron chi connectivity index (χ2n) is 12.6. The minimum Gasteiger partial charge on any atom is -0.483 e. The van der Waals surface area contributed by atoms with Crippen LogP contribution in [0.1, 0.15) is 62.4 Å². The first-order valence-corrected chi connectivity index (χ1v) is 16.9. The largest absolute Gasteiger partial charge is 0.483 e. The van der Waals surface area contributed by atoms with Crippen LogP contribution >= 0.6 is 0 Å². The quantitative estimate of drug-likeness (QED) is 0.364. The Kier molecular flexibility index (Phi) is 11.7. The monoisotopic (exact) mass is 666 g/mol. The zero-order valence-corrected chi connectivity index (χ0v) is 27.8. The molecule has 1 aromatic carbocycles. The van der Waals surface area contributed by atoms with Crippen molar-refractivity contribution in [1.82, 2.24) is 29.9 Å². The van der Waals surface area contributed by atoms with Gasteiger partial charge in [-0.05, 0) is 64.8 Å². The lowest BCUT2D eigenvalue weighted by Crippen LogP contribution is -2.56. The number of aromatic nitrogens is 1. The van der Waals surface area contributed by atoms with Gasteiger partial charge >= 0.3 is 12.1 Å². The third-order valence-electron chi connectivity index (χ3n) is 9.52. The summed E-state index contributed by atoms with van der Waals surface area (Å²) in [7, 11) is 2.13. The van der Waals surface area contributed by atoms with Crippen molar-refractivity contribution in [2.45, 2.75) is 70.0 Å². The van der Waals surface area contributed by atoms with Crippen molar-refractivity contribution >= 4 is 40.7 Å². The maximum Gasteiger partial charge on any atom is 0.409 e. The van der Waals surface area contributed by atoms with Gasteiger partial charge in [0.2, 0.25) is 5.91 Å². The summed E-state index contributed by atoms with van der Waals surface area (Å²) in [6.45, 7) is 4.42. The van der Waals surface area contributed by atoms with Crippen molar-refractivity contribution in [3.8, 4) is 5.75 Å². The summed E-state index contributed by atoms with van der Waals surface area (Å²) < 4.78 is 11.1. The van der Waals surface area contributed by atoms with E-state index in [0.29, 0.717) is 29.2 Å². The SMILES string of the molecule is CCOC(=O)N1CCN(C(=O)C(CCC(=O)O)NC(=O)c2cc(OCC(=O)N3CCCC3C3CCCCN3C)c3ccccc3n2)CC1. The Balaban J connectivity index is 1.28. The third-order valence-corrected chi connectivity index (χ3v) is 9.52. The topological polar surface area (TPSA) is 162 Å². The fourth-order valence-electron chi connectivity index (χ4n) is 6.99. The minimum absolute atomic E-state index is 0.0284. The Hall–Kier alpha value is -4.46. The zero-order chi connectivity index (χ0) is 34.2. The highest BCUT2D eigenvalue weighted by molar-refractivity contribution is 5.99. The standard InChI is InChI=1S/C34H46N6O8/c1-3-47-34(46)39-19-17-38(18-20-39)33(45)25(13-14-31(42)43)36-32(44)26-21-29(23-9-4-5-10-24(23)35-26)48-22-30(41)40-16-8-12-28(40)27-11-6-7-15-37(27)2/h4-5,9-10,21,25,27-28H,3,6-8,11-20,22H2,1-2H3,(H,36,44)(H,42,43). The normalized spacial score (nSPS) is 20.8. The van der Waals surface area contributed by atoms with Gasteiger partial charge in [-0.3, -0.25) is 19.2 Å². The number of likely N-dealkylation sites (tertiary alicyclic amines) is 2. The van der Waals surface area contributed by atoms with E-state index in [1.807, 2.05) is 11.0 Å². The molecule has 2 aromatic rings. The summed E-state index contributed by atoms with van der Waals surface area (Å²) >= 11 is 0. The Labute approximate surface area is 280 Å². The van der Waals surface area contributed by atoms with E-state index in [1.165, 1.54) is 22.3 Å². The summed E-state index contributed by atoms with van der Waals surface area (Å²) in [5.41, 5.74) is 0.443. The lowest BCUT2D eigenvalue weighted by atomic mass is 9.94. The van der Waals surface area contributed by atoms with Crippen LogP contribution in [0, 0.1) is 0 Å². The van der Waals surface area contributed by atoms with E-state index in [0.717, 1.165) is 32.2 Å². The molecule has 48 heavy (non-hydrogen) atoms. The van der Waals surface area contributed by atoms with Gasteiger partial charge in [0.25, 0.3) is 11.8 Å². The molecule has 5 rings (SSSR count). The molecule has 3 fully saturated rings. The molecular formula is C34H46N6O8. The number of nitrogens with one attached hydrogen (secondary N) is 1. The van der Waals surface area contributed by atoms with Crippen LogP contribution in [0.15, 0.2) is 30.3 Å². The van der Waals surface area contributed by atoms with Crippen LogP contribution in [0.2, 0.25) is 0 Å². The van der Waals surface area contributed by atoms with Crippen molar-refractivity contribution in [3.63, 3.8) is 0 Å². The van der Waals surface area contributed by atoms with E-state index in [-0.39, 0.29) is 69.9 Å². The maximum atomic E-state index is 13.6. The molecule has 0 radical (unpaired) electrons. The molecule has 3 unspecified atom stereocenters. The van der Waals surface area contributed by atoms with Crippen molar-refractivity contribution < 1.29 is 38.6 Å². The van der Waals surface area contributed by atoms with Crippen molar-refractivity contribution in [1.29, 1.82) is 0 Å². The van der Waals surface area contributed by atoms with E-state index < -0.39 is 29.9 Å². The van der Waals surface area contributed by atoms with Crippen LogP contribution in [-0.2, 0) is 19.1 Å². The number of nitrogens with zero attached hydrogens (tertiary/aromatic N) is 5. The van der Waals surface area contributed by atoms with Gasteiger partial charge in [-0.15, -0.1) is 0 Å². The van der Waals surface area contributed by atoms with Crippen LogP contribution in [-0.4, -0.2) is 137 Å². The molecule has 14 nitrogen and oxygen atoms in total. The Morgan fingerprint density at radius 3 is 2.42 bits per heavy atom. The summed E-state index contributed by atoms with van der Waals surface area (Å²) in [6, 6.07) is 7.92. The van der Waals surface area contributed by atoms with Gasteiger partial charge in [0, 0.05) is 62.7 Å². The van der Waals surface area contributed by atoms with E-state index in [1.54, 1.807) is 25.1 Å². The van der Waals surface area contributed by atoms with Crippen LogP contribution < -0.4 is 10.1 Å². The molecule has 0 bridgehead atoms. The smallest absolute Gasteiger partial charge is 0.409 e. The first-order chi connectivity index (χ1) is 23.2. The van der Waals surface area contributed by atoms with E-state index >= 15 is 0 Å². The number of aliphatic carboxylic acids is 1. The molecule has 3 aliphatic heterocycles. The number of hydrogen-bond acceptors (Lipinski definition) is 9. The number of amides is 4. The molecular weight excluding hydrogens is 620 g/mol. The predicted octanol–water partition coefficient (Wildman–Crippen LogP) is 2.35. The molecule has 260 valence electrons. The fourth-order valence-corrected chi connectivity index (χ4v) is 6.99. The van der Waals surface area contributed by atoms with Gasteiger partial charge in [0.15, 0.2) is 6.61 Å². The lowest BCUT2D eigenvalue weighted by Gasteiger charge is -2.40. The van der Waals surface area contributed by atoms with Gasteiger partial charge in [-0.2, -0.15) is 0 Å². The number of hydrogen-bond donors (Lipinski definition) is 2. The number of piperazine rings is 1. The van der Waals surface area contributed by atoms with Gasteiger partial charge in [-0.1, -0.05) is 18.6 Å². The number of carbonyl (C=O) groups is 5. The number of rotatable bonds is 11. The van der Waals surface area contributed by atoms with Crippen molar-refractivity contribution in [2.75, 3.05) is 59.5 Å². The van der Waals surface area contributed by atoms with Gasteiger partial charge < -0.3 is 39.5 Å². The first kappa shape index (κ1) is 34.9. The molecule has 0 saturated carbocycles. The number of carboxylic acids is 1. The second-order valence-corrected chi connectivity index (χ2v) is 12.6. The number of para-hydroxylation sites is 1. The third kappa shape index (κ3) is 8.33. The van der Waals surface area contributed by atoms with Gasteiger partial charge in [0.05, 0.1) is 12.1 Å². The number of pyridine rings is 1. The van der Waals surface area contributed by atoms with E-state index in [2.05, 4.69) is 22.2 Å². The number of fused-ring (bicyclic) bond motifs is 1. The molecule has 14 heteroatoms. The van der Waals surface area contributed by atoms with E-state index in [9.17, 15) is 29.1 Å². The summed E-state index contributed by atoms with van der Waals surface area (Å²) in [5.74, 6) is -2.02. The van der Waals surface area contributed by atoms with Crippen LogP contribution in [0.3, 0.4) is 0 Å². The van der Waals surface area contributed by atoms with Crippen LogP contribution in [0.25, 0.3) is 10.9 Å². The molecule has 1 aromatic heterocycles. The first-order valence-electron chi connectivity index (χ1n) is 16.9. The lowest BCUT2D eigenvalue weighted by molar-refractivity contribution is -0.138. The molecule has 0 aliphatic carbocycles. The highest BCUT2D eigenvalue weighted by Crippen LogP contribution is 2.30. The van der Waals surface area contributed by atoms with Crippen LogP contribution in [0.4, 0.5) is 4.79 Å². The van der Waals surface area contributed by atoms with Gasteiger partial charge in [0.1, 0.15) is 17.5 Å². The summed E-state index contributed by atoms with van der Waals surface area (Å²) in [4.78, 5) is 75.9.